The number of rotatable bonds is 1. The average Bonchev–Trinajstić information content (AvgIpc) is 2.48. The molecule has 2 heteroatoms. The highest BCUT2D eigenvalue weighted by Crippen LogP contribution is 2.15. The second-order valence-corrected chi connectivity index (χ2v) is 3.74. The molecule has 2 unspecified atom stereocenters. The summed E-state index contributed by atoms with van der Waals surface area (Å²) in [5, 5.41) is 2.16. The lowest BCUT2D eigenvalue weighted by molar-refractivity contribution is 0.112. The molecule has 2 nitrogen and oxygen atoms in total. The normalized spacial score (nSPS) is 25.7. The Morgan fingerprint density at radius 2 is 2.00 bits per heavy atom. The quantitative estimate of drug-likeness (QED) is 0.625. The first-order valence-corrected chi connectivity index (χ1v) is 4.58. The van der Waals surface area contributed by atoms with Crippen LogP contribution in [0.1, 0.15) is 24.2 Å². The van der Waals surface area contributed by atoms with Gasteiger partial charge in [0.2, 0.25) is 0 Å². The number of aromatic nitrogens is 1. The van der Waals surface area contributed by atoms with Crippen molar-refractivity contribution in [1.82, 2.24) is 4.98 Å². The van der Waals surface area contributed by atoms with Crippen molar-refractivity contribution in [2.75, 3.05) is 0 Å². The maximum Gasteiger partial charge on any atom is 0.152 e. The van der Waals surface area contributed by atoms with Gasteiger partial charge in [0.1, 0.15) is 0 Å². The summed E-state index contributed by atoms with van der Waals surface area (Å²) in [7, 11) is 0. The largest absolute Gasteiger partial charge is 0.361 e. The molecule has 0 saturated carbocycles. The maximum atomic E-state index is 10.7. The van der Waals surface area contributed by atoms with Gasteiger partial charge in [-0.05, 0) is 11.8 Å². The van der Waals surface area contributed by atoms with Crippen molar-refractivity contribution < 1.29 is 4.79 Å². The van der Waals surface area contributed by atoms with Crippen LogP contribution in [0.15, 0.2) is 6.20 Å². The minimum atomic E-state index is 0.516. The summed E-state index contributed by atoms with van der Waals surface area (Å²) in [4.78, 5) is 13.8. The van der Waals surface area contributed by atoms with Crippen LogP contribution in [-0.2, 0) is 0 Å². The molecule has 0 radical (unpaired) electrons. The Balaban J connectivity index is 2.73. The summed E-state index contributed by atoms with van der Waals surface area (Å²) in [6, 6.07) is 0. The molecule has 1 N–H and O–H groups in total. The Morgan fingerprint density at radius 3 is 2.69 bits per heavy atom. The number of aromatic amines is 1. The summed E-state index contributed by atoms with van der Waals surface area (Å²) in [5.41, 5.74) is 0.769. The van der Waals surface area contributed by atoms with E-state index >= 15 is 0 Å². The molecule has 0 fully saturated rings. The Hall–Kier alpha value is -1.31. The number of fused-ring (bicyclic) bond motifs is 1. The summed E-state index contributed by atoms with van der Waals surface area (Å²) < 4.78 is 0. The molecule has 0 spiro atoms. The van der Waals surface area contributed by atoms with Crippen LogP contribution >= 0.6 is 0 Å². The summed E-state index contributed by atoms with van der Waals surface area (Å²) in [5.74, 6) is 1.06. The van der Waals surface area contributed by atoms with Gasteiger partial charge >= 0.3 is 0 Å². The summed E-state index contributed by atoms with van der Waals surface area (Å²) in [6.45, 7) is 4.36. The number of carbonyl (C=O) groups is 1. The predicted octanol–water partition coefficient (Wildman–Crippen LogP) is 0.674. The van der Waals surface area contributed by atoms with Crippen molar-refractivity contribution in [3.05, 3.63) is 22.3 Å². The summed E-state index contributed by atoms with van der Waals surface area (Å²) in [6.07, 6.45) is 7.03. The van der Waals surface area contributed by atoms with Gasteiger partial charge in [0.05, 0.1) is 0 Å². The number of nitrogens with one attached hydrogen (secondary N) is 1. The number of hydrogen-bond acceptors (Lipinski definition) is 1. The van der Waals surface area contributed by atoms with Gasteiger partial charge in [0, 0.05) is 22.3 Å². The molecule has 0 amide bonds. The van der Waals surface area contributed by atoms with Gasteiger partial charge in [0.15, 0.2) is 6.29 Å². The van der Waals surface area contributed by atoms with E-state index in [4.69, 9.17) is 0 Å². The number of carbonyl (C=O) groups excluding carboxylic acids is 1. The molecule has 13 heavy (non-hydrogen) atoms. The molecule has 68 valence electrons. The average molecular weight is 175 g/mol. The number of hydrogen-bond donors (Lipinski definition) is 1. The van der Waals surface area contributed by atoms with E-state index in [9.17, 15) is 4.79 Å². The lowest BCUT2D eigenvalue weighted by Crippen LogP contribution is -2.31. The van der Waals surface area contributed by atoms with Crippen LogP contribution in [0.4, 0.5) is 0 Å². The zero-order valence-corrected chi connectivity index (χ0v) is 7.87. The lowest BCUT2D eigenvalue weighted by atomic mass is 9.91. The van der Waals surface area contributed by atoms with E-state index in [1.54, 1.807) is 6.20 Å². The fourth-order valence-corrected chi connectivity index (χ4v) is 1.72. The van der Waals surface area contributed by atoms with Gasteiger partial charge in [-0.3, -0.25) is 4.79 Å². The minimum Gasteiger partial charge on any atom is -0.361 e. The van der Waals surface area contributed by atoms with E-state index in [0.717, 1.165) is 22.4 Å². The monoisotopic (exact) mass is 175 g/mol. The van der Waals surface area contributed by atoms with E-state index in [-0.39, 0.29) is 0 Å². The zero-order valence-electron chi connectivity index (χ0n) is 7.87. The van der Waals surface area contributed by atoms with Crippen molar-refractivity contribution in [2.24, 2.45) is 11.8 Å². The molecule has 0 aliphatic heterocycles. The molecular weight excluding hydrogens is 162 g/mol. The topological polar surface area (TPSA) is 32.9 Å². The van der Waals surface area contributed by atoms with E-state index in [1.165, 1.54) is 0 Å². The van der Waals surface area contributed by atoms with E-state index in [1.807, 2.05) is 0 Å². The molecule has 1 aliphatic rings. The van der Waals surface area contributed by atoms with E-state index in [0.29, 0.717) is 11.8 Å². The van der Waals surface area contributed by atoms with Gasteiger partial charge in [-0.25, -0.2) is 0 Å². The fraction of sp³-hybridized carbons (Fsp3) is 0.364. The third-order valence-electron chi connectivity index (χ3n) is 2.80. The van der Waals surface area contributed by atoms with Crippen molar-refractivity contribution in [3.8, 4) is 0 Å². The van der Waals surface area contributed by atoms with E-state index in [2.05, 4.69) is 31.0 Å². The third-order valence-corrected chi connectivity index (χ3v) is 2.80. The molecule has 2 rings (SSSR count). The Morgan fingerprint density at radius 1 is 1.31 bits per heavy atom. The first-order chi connectivity index (χ1) is 6.22. The lowest BCUT2D eigenvalue weighted by Gasteiger charge is -2.14. The highest BCUT2D eigenvalue weighted by Gasteiger charge is 2.12. The highest BCUT2D eigenvalue weighted by atomic mass is 16.1. The van der Waals surface area contributed by atoms with Crippen LogP contribution in [0.3, 0.4) is 0 Å². The molecule has 1 aromatic rings. The Bertz CT molecular complexity index is 441. The second kappa shape index (κ2) is 2.87. The number of H-pyrrole nitrogens is 1. The Kier molecular flexibility index (Phi) is 1.83. The van der Waals surface area contributed by atoms with Crippen LogP contribution in [0.5, 0.6) is 0 Å². The van der Waals surface area contributed by atoms with Crippen LogP contribution in [0.25, 0.3) is 12.2 Å². The van der Waals surface area contributed by atoms with Crippen LogP contribution in [-0.4, -0.2) is 11.3 Å². The maximum absolute atomic E-state index is 10.7. The molecule has 1 aliphatic carbocycles. The van der Waals surface area contributed by atoms with Crippen LogP contribution < -0.4 is 10.6 Å². The van der Waals surface area contributed by atoms with Crippen molar-refractivity contribution >= 4 is 18.4 Å². The zero-order chi connectivity index (χ0) is 9.42. The Labute approximate surface area is 77.0 Å². The van der Waals surface area contributed by atoms with Gasteiger partial charge < -0.3 is 4.98 Å². The molecule has 1 heterocycles. The molecule has 2 atom stereocenters. The fourth-order valence-electron chi connectivity index (χ4n) is 1.72. The van der Waals surface area contributed by atoms with Crippen molar-refractivity contribution in [2.45, 2.75) is 13.8 Å². The van der Waals surface area contributed by atoms with Gasteiger partial charge in [-0.15, -0.1) is 0 Å². The third kappa shape index (κ3) is 1.22. The number of aldehydes is 1. The summed E-state index contributed by atoms with van der Waals surface area (Å²) >= 11 is 0. The van der Waals surface area contributed by atoms with Crippen molar-refractivity contribution in [1.29, 1.82) is 0 Å². The minimum absolute atomic E-state index is 0.516. The molecule has 0 aromatic carbocycles. The van der Waals surface area contributed by atoms with Crippen LogP contribution in [0.2, 0.25) is 0 Å². The standard InChI is InChI=1S/C11H13NO/c1-7-3-10-9(6-13)5-12-11(10)4-8(7)2/h3-8,12H,1-2H3. The SMILES string of the molecule is CC1C=c2[nH]cc(C=O)c2=CC1C. The molecule has 1 aromatic heterocycles. The molecule has 0 bridgehead atoms. The molecular formula is C11H13NO. The van der Waals surface area contributed by atoms with Crippen LogP contribution in [0, 0.1) is 11.8 Å². The second-order valence-electron chi connectivity index (χ2n) is 3.74. The first-order valence-electron chi connectivity index (χ1n) is 4.58. The van der Waals surface area contributed by atoms with Gasteiger partial charge in [-0.2, -0.15) is 0 Å². The van der Waals surface area contributed by atoms with Gasteiger partial charge in [-0.1, -0.05) is 26.0 Å². The predicted molar refractivity (Wildman–Crippen MR) is 52.7 cm³/mol. The highest BCUT2D eigenvalue weighted by molar-refractivity contribution is 5.75. The smallest absolute Gasteiger partial charge is 0.152 e. The first kappa shape index (κ1) is 8.30. The van der Waals surface area contributed by atoms with Crippen molar-refractivity contribution in [3.63, 3.8) is 0 Å². The molecule has 0 saturated heterocycles. The van der Waals surface area contributed by atoms with Gasteiger partial charge in [0.25, 0.3) is 0 Å². The van der Waals surface area contributed by atoms with E-state index < -0.39 is 0 Å².